The van der Waals surface area contributed by atoms with Gasteiger partial charge in [0, 0.05) is 31.7 Å². The summed E-state index contributed by atoms with van der Waals surface area (Å²) in [5.74, 6) is 1.14. The minimum absolute atomic E-state index is 0.147. The van der Waals surface area contributed by atoms with Gasteiger partial charge in [0.25, 0.3) is 5.56 Å². The normalized spacial score (nSPS) is 16.8. The smallest absolute Gasteiger partial charge is 0.278 e. The van der Waals surface area contributed by atoms with E-state index in [0.29, 0.717) is 17.5 Å². The Labute approximate surface area is 145 Å². The Morgan fingerprint density at radius 3 is 2.76 bits per heavy atom. The van der Waals surface area contributed by atoms with E-state index in [4.69, 9.17) is 4.98 Å². The monoisotopic (exact) mass is 336 g/mol. The molecule has 0 bridgehead atoms. The number of nitrogens with one attached hydrogen (secondary N) is 1. The fourth-order valence-corrected chi connectivity index (χ4v) is 3.36. The van der Waals surface area contributed by atoms with E-state index < -0.39 is 0 Å². The first kappa shape index (κ1) is 15.4. The number of benzene rings is 1. The topological polar surface area (TPSA) is 70.0 Å². The van der Waals surface area contributed by atoms with Gasteiger partial charge in [-0.3, -0.25) is 14.3 Å². The summed E-state index contributed by atoms with van der Waals surface area (Å²) in [6.45, 7) is 2.93. The van der Waals surface area contributed by atoms with Crippen LogP contribution in [-0.2, 0) is 0 Å². The molecule has 1 unspecified atom stereocenters. The van der Waals surface area contributed by atoms with E-state index in [-0.39, 0.29) is 11.6 Å². The van der Waals surface area contributed by atoms with Crippen LogP contribution in [0.5, 0.6) is 0 Å². The standard InChI is InChI=1S/C18H20N6O/c1-3-13-11-22(2)15-16(24(13)14-7-5-4-6-8-14)20-18(21-17(15)25)23-10-9-19-12-23/h4-10,12-13H,3,11H2,1-2H3,(H,20,21,25). The van der Waals surface area contributed by atoms with Crippen molar-refractivity contribution in [3.05, 3.63) is 59.4 Å². The van der Waals surface area contributed by atoms with E-state index in [1.54, 1.807) is 23.3 Å². The number of nitrogens with zero attached hydrogens (tertiary/aromatic N) is 5. The lowest BCUT2D eigenvalue weighted by Crippen LogP contribution is -2.48. The lowest BCUT2D eigenvalue weighted by molar-refractivity contribution is 0.593. The molecule has 0 spiro atoms. The third kappa shape index (κ3) is 2.57. The van der Waals surface area contributed by atoms with Crippen LogP contribution in [0.2, 0.25) is 0 Å². The van der Waals surface area contributed by atoms with Gasteiger partial charge in [0.2, 0.25) is 5.95 Å². The molecule has 1 aliphatic rings. The molecule has 4 rings (SSSR count). The van der Waals surface area contributed by atoms with E-state index in [9.17, 15) is 4.79 Å². The highest BCUT2D eigenvalue weighted by Gasteiger charge is 2.33. The maximum Gasteiger partial charge on any atom is 0.278 e. The van der Waals surface area contributed by atoms with E-state index in [1.807, 2.05) is 30.1 Å². The van der Waals surface area contributed by atoms with Gasteiger partial charge in [-0.05, 0) is 18.6 Å². The van der Waals surface area contributed by atoms with Gasteiger partial charge in [-0.1, -0.05) is 25.1 Å². The number of fused-ring (bicyclic) bond motifs is 1. The highest BCUT2D eigenvalue weighted by molar-refractivity contribution is 5.76. The first-order chi connectivity index (χ1) is 12.2. The molecule has 0 radical (unpaired) electrons. The number of imidazole rings is 1. The van der Waals surface area contributed by atoms with Gasteiger partial charge in [0.05, 0.1) is 6.04 Å². The Kier molecular flexibility index (Phi) is 3.76. The zero-order chi connectivity index (χ0) is 17.4. The van der Waals surface area contributed by atoms with Gasteiger partial charge < -0.3 is 9.80 Å². The van der Waals surface area contributed by atoms with Crippen molar-refractivity contribution >= 4 is 17.2 Å². The van der Waals surface area contributed by atoms with Crippen molar-refractivity contribution in [3.63, 3.8) is 0 Å². The van der Waals surface area contributed by atoms with Gasteiger partial charge in [0.1, 0.15) is 12.0 Å². The zero-order valence-corrected chi connectivity index (χ0v) is 14.3. The Balaban J connectivity index is 1.94. The summed E-state index contributed by atoms with van der Waals surface area (Å²) < 4.78 is 1.71. The molecular weight excluding hydrogens is 316 g/mol. The van der Waals surface area contributed by atoms with Crippen LogP contribution in [0, 0.1) is 0 Å². The minimum Gasteiger partial charge on any atom is -0.365 e. The molecule has 7 heteroatoms. The van der Waals surface area contributed by atoms with E-state index in [1.165, 1.54) is 0 Å². The summed E-state index contributed by atoms with van der Waals surface area (Å²) in [5, 5.41) is 0. The summed E-state index contributed by atoms with van der Waals surface area (Å²) in [5.41, 5.74) is 1.49. The van der Waals surface area contributed by atoms with E-state index in [2.05, 4.69) is 33.9 Å². The molecule has 1 aliphatic heterocycles. The highest BCUT2D eigenvalue weighted by Crippen LogP contribution is 2.37. The second kappa shape index (κ2) is 6.08. The first-order valence-corrected chi connectivity index (χ1v) is 8.37. The second-order valence-electron chi connectivity index (χ2n) is 6.18. The fourth-order valence-electron chi connectivity index (χ4n) is 3.36. The number of likely N-dealkylation sites (N-methyl/N-ethyl adjacent to an activating group) is 1. The summed E-state index contributed by atoms with van der Waals surface area (Å²) in [4.78, 5) is 28.6. The number of aromatic amines is 1. The van der Waals surface area contributed by atoms with Crippen LogP contribution in [0.1, 0.15) is 13.3 Å². The number of rotatable bonds is 3. The Morgan fingerprint density at radius 2 is 2.08 bits per heavy atom. The summed E-state index contributed by atoms with van der Waals surface area (Å²) in [7, 11) is 1.94. The van der Waals surface area contributed by atoms with Crippen LogP contribution in [0.3, 0.4) is 0 Å². The molecule has 3 heterocycles. The molecule has 0 saturated heterocycles. The lowest BCUT2D eigenvalue weighted by Gasteiger charge is -2.41. The molecular formula is C18H20N6O. The Morgan fingerprint density at radius 1 is 1.28 bits per heavy atom. The quantitative estimate of drug-likeness (QED) is 0.795. The number of hydrogen-bond acceptors (Lipinski definition) is 5. The summed E-state index contributed by atoms with van der Waals surface area (Å²) >= 11 is 0. The van der Waals surface area contributed by atoms with Gasteiger partial charge >= 0.3 is 0 Å². The third-order valence-corrected chi connectivity index (χ3v) is 4.58. The molecule has 128 valence electrons. The van der Waals surface area contributed by atoms with Crippen LogP contribution in [0.4, 0.5) is 17.2 Å². The van der Waals surface area contributed by atoms with Crippen molar-refractivity contribution in [1.82, 2.24) is 19.5 Å². The van der Waals surface area contributed by atoms with Crippen molar-refractivity contribution in [2.45, 2.75) is 19.4 Å². The second-order valence-corrected chi connectivity index (χ2v) is 6.18. The summed E-state index contributed by atoms with van der Waals surface area (Å²) in [6.07, 6.45) is 6.01. The van der Waals surface area contributed by atoms with Crippen LogP contribution in [-0.4, -0.2) is 39.2 Å². The lowest BCUT2D eigenvalue weighted by atomic mass is 10.1. The number of aromatic nitrogens is 4. The molecule has 25 heavy (non-hydrogen) atoms. The van der Waals surface area contributed by atoms with Crippen molar-refractivity contribution in [3.8, 4) is 5.95 Å². The molecule has 0 fully saturated rings. The SMILES string of the molecule is CCC1CN(C)c2c(nc(-n3ccnc3)[nH]c2=O)N1c1ccccc1. The number of anilines is 3. The van der Waals surface area contributed by atoms with E-state index >= 15 is 0 Å². The molecule has 3 aromatic rings. The van der Waals surface area contributed by atoms with Crippen LogP contribution < -0.4 is 15.4 Å². The van der Waals surface area contributed by atoms with Gasteiger partial charge in [-0.2, -0.15) is 4.98 Å². The maximum absolute atomic E-state index is 12.8. The largest absolute Gasteiger partial charge is 0.365 e. The Hall–Kier alpha value is -3.09. The van der Waals surface area contributed by atoms with Crippen molar-refractivity contribution in [2.75, 3.05) is 23.4 Å². The number of para-hydroxylation sites is 1. The molecule has 1 N–H and O–H groups in total. The van der Waals surface area contributed by atoms with E-state index in [0.717, 1.165) is 18.7 Å². The Bertz CT molecular complexity index is 918. The van der Waals surface area contributed by atoms with Gasteiger partial charge in [-0.25, -0.2) is 4.98 Å². The summed E-state index contributed by atoms with van der Waals surface area (Å²) in [6, 6.07) is 10.3. The molecule has 7 nitrogen and oxygen atoms in total. The molecule has 2 aromatic heterocycles. The van der Waals surface area contributed by atoms with Gasteiger partial charge in [-0.15, -0.1) is 0 Å². The van der Waals surface area contributed by atoms with Crippen molar-refractivity contribution in [2.24, 2.45) is 0 Å². The van der Waals surface area contributed by atoms with Crippen molar-refractivity contribution in [1.29, 1.82) is 0 Å². The minimum atomic E-state index is -0.147. The molecule has 0 saturated carbocycles. The predicted octanol–water partition coefficient (Wildman–Crippen LogP) is 2.32. The van der Waals surface area contributed by atoms with Crippen LogP contribution in [0.25, 0.3) is 5.95 Å². The zero-order valence-electron chi connectivity index (χ0n) is 14.3. The first-order valence-electron chi connectivity index (χ1n) is 8.37. The maximum atomic E-state index is 12.8. The molecule has 1 atom stereocenters. The van der Waals surface area contributed by atoms with Crippen molar-refractivity contribution < 1.29 is 0 Å². The average molecular weight is 336 g/mol. The van der Waals surface area contributed by atoms with Crippen LogP contribution >= 0.6 is 0 Å². The number of hydrogen-bond donors (Lipinski definition) is 1. The average Bonchev–Trinajstić information content (AvgIpc) is 3.16. The third-order valence-electron chi connectivity index (χ3n) is 4.58. The molecule has 1 aromatic carbocycles. The molecule has 0 aliphatic carbocycles. The van der Waals surface area contributed by atoms with Crippen LogP contribution in [0.15, 0.2) is 53.8 Å². The fraction of sp³-hybridized carbons (Fsp3) is 0.278. The molecule has 0 amide bonds. The number of H-pyrrole nitrogens is 1. The highest BCUT2D eigenvalue weighted by atomic mass is 16.1. The predicted molar refractivity (Wildman–Crippen MR) is 97.9 cm³/mol. The van der Waals surface area contributed by atoms with Gasteiger partial charge in [0.15, 0.2) is 5.82 Å².